The molecule has 0 saturated heterocycles. The van der Waals surface area contributed by atoms with Crippen LogP contribution in [0.2, 0.25) is 0 Å². The number of thioether (sulfide) groups is 1. The van der Waals surface area contributed by atoms with Crippen molar-refractivity contribution >= 4 is 17.5 Å². The molecule has 0 radical (unpaired) electrons. The van der Waals surface area contributed by atoms with Crippen LogP contribution < -0.4 is 4.74 Å². The summed E-state index contributed by atoms with van der Waals surface area (Å²) in [6.45, 7) is 4.14. The van der Waals surface area contributed by atoms with Gasteiger partial charge in [-0.1, -0.05) is 13.8 Å². The lowest BCUT2D eigenvalue weighted by atomic mass is 10.1. The normalized spacial score (nSPS) is 12.2. The molecule has 94 valence electrons. The summed E-state index contributed by atoms with van der Waals surface area (Å²) >= 11 is 1.58. The second-order valence-corrected chi connectivity index (χ2v) is 5.22. The Labute approximate surface area is 106 Å². The Morgan fingerprint density at radius 1 is 1.53 bits per heavy atom. The maximum absolute atomic E-state index is 13.1. The highest BCUT2D eigenvalue weighted by Gasteiger charge is 2.14. The number of benzene rings is 1. The van der Waals surface area contributed by atoms with Crippen molar-refractivity contribution < 1.29 is 13.9 Å². The molecule has 1 rings (SSSR count). The van der Waals surface area contributed by atoms with E-state index in [-0.39, 0.29) is 5.78 Å². The molecule has 0 fully saturated rings. The Kier molecular flexibility index (Phi) is 5.48. The van der Waals surface area contributed by atoms with Crippen LogP contribution in [0.5, 0.6) is 5.75 Å². The van der Waals surface area contributed by atoms with E-state index in [0.717, 1.165) is 6.42 Å². The SMILES string of the molecule is CC[C@H](C)SCC(=O)c1cc(F)ccc1OC. The number of Topliss-reactive ketones (excluding diaryl/α,β-unsaturated/α-hetero) is 1. The van der Waals surface area contributed by atoms with E-state index in [1.165, 1.54) is 25.3 Å². The molecule has 0 unspecified atom stereocenters. The van der Waals surface area contributed by atoms with Gasteiger partial charge in [0, 0.05) is 5.25 Å². The van der Waals surface area contributed by atoms with Crippen LogP contribution in [0, 0.1) is 5.82 Å². The minimum absolute atomic E-state index is 0.0911. The molecule has 1 atom stereocenters. The maximum Gasteiger partial charge on any atom is 0.176 e. The van der Waals surface area contributed by atoms with Gasteiger partial charge >= 0.3 is 0 Å². The third kappa shape index (κ3) is 4.04. The molecule has 4 heteroatoms. The van der Waals surface area contributed by atoms with E-state index in [1.54, 1.807) is 11.8 Å². The summed E-state index contributed by atoms with van der Waals surface area (Å²) in [5.74, 6) is 0.282. The van der Waals surface area contributed by atoms with Crippen LogP contribution in [-0.2, 0) is 0 Å². The first kappa shape index (κ1) is 14.0. The average Bonchev–Trinajstić information content (AvgIpc) is 2.35. The zero-order chi connectivity index (χ0) is 12.8. The first-order chi connectivity index (χ1) is 8.08. The van der Waals surface area contributed by atoms with Crippen molar-refractivity contribution in [3.8, 4) is 5.75 Å². The Morgan fingerprint density at radius 2 is 2.24 bits per heavy atom. The number of carbonyl (C=O) groups is 1. The van der Waals surface area contributed by atoms with Crippen molar-refractivity contribution in [1.29, 1.82) is 0 Å². The van der Waals surface area contributed by atoms with Crippen LogP contribution in [-0.4, -0.2) is 23.9 Å². The molecular formula is C13H17FO2S. The average molecular weight is 256 g/mol. The van der Waals surface area contributed by atoms with Crippen LogP contribution >= 0.6 is 11.8 Å². The van der Waals surface area contributed by atoms with Crippen molar-refractivity contribution in [3.63, 3.8) is 0 Å². The molecule has 2 nitrogen and oxygen atoms in total. The van der Waals surface area contributed by atoms with E-state index >= 15 is 0 Å². The fourth-order valence-electron chi connectivity index (χ4n) is 1.31. The van der Waals surface area contributed by atoms with E-state index in [0.29, 0.717) is 22.3 Å². The first-order valence-corrected chi connectivity index (χ1v) is 6.61. The summed E-state index contributed by atoms with van der Waals surface area (Å²) in [7, 11) is 1.48. The van der Waals surface area contributed by atoms with Crippen LogP contribution in [0.4, 0.5) is 4.39 Å². The van der Waals surface area contributed by atoms with E-state index in [9.17, 15) is 9.18 Å². The minimum atomic E-state index is -0.414. The standard InChI is InChI=1S/C13H17FO2S/c1-4-9(2)17-8-12(15)11-7-10(14)5-6-13(11)16-3/h5-7,9H,4,8H2,1-3H3/t9-/m0/s1. The molecule has 0 aliphatic rings. The van der Waals surface area contributed by atoms with E-state index in [2.05, 4.69) is 13.8 Å². The molecule has 0 amide bonds. The van der Waals surface area contributed by atoms with Gasteiger partial charge in [0.05, 0.1) is 18.4 Å². The lowest BCUT2D eigenvalue weighted by molar-refractivity contribution is 0.101. The van der Waals surface area contributed by atoms with Gasteiger partial charge in [-0.2, -0.15) is 11.8 Å². The van der Waals surface area contributed by atoms with Crippen LogP contribution in [0.1, 0.15) is 30.6 Å². The Bertz CT molecular complexity index is 393. The zero-order valence-electron chi connectivity index (χ0n) is 10.3. The molecule has 1 aromatic rings. The van der Waals surface area contributed by atoms with Crippen molar-refractivity contribution in [2.45, 2.75) is 25.5 Å². The van der Waals surface area contributed by atoms with Gasteiger partial charge in [0.15, 0.2) is 5.78 Å². The first-order valence-electron chi connectivity index (χ1n) is 5.56. The topological polar surface area (TPSA) is 26.3 Å². The third-order valence-electron chi connectivity index (χ3n) is 2.54. The molecule has 0 spiro atoms. The van der Waals surface area contributed by atoms with Crippen LogP contribution in [0.15, 0.2) is 18.2 Å². The van der Waals surface area contributed by atoms with Gasteiger partial charge < -0.3 is 4.74 Å². The molecule has 0 bridgehead atoms. The second-order valence-electron chi connectivity index (χ2n) is 3.80. The smallest absolute Gasteiger partial charge is 0.176 e. The molecule has 0 aromatic heterocycles. The summed E-state index contributed by atoms with van der Waals surface area (Å²) in [5.41, 5.74) is 0.323. The van der Waals surface area contributed by atoms with Crippen molar-refractivity contribution in [1.82, 2.24) is 0 Å². The fraction of sp³-hybridized carbons (Fsp3) is 0.462. The summed E-state index contributed by atoms with van der Waals surface area (Å²) in [4.78, 5) is 11.9. The van der Waals surface area contributed by atoms with Gasteiger partial charge in [-0.05, 0) is 24.6 Å². The molecule has 0 aliphatic carbocycles. The maximum atomic E-state index is 13.1. The molecule has 0 aliphatic heterocycles. The van der Waals surface area contributed by atoms with Crippen LogP contribution in [0.25, 0.3) is 0 Å². The summed E-state index contributed by atoms with van der Waals surface area (Å²) < 4.78 is 18.2. The summed E-state index contributed by atoms with van der Waals surface area (Å²) in [6, 6.07) is 4.01. The van der Waals surface area contributed by atoms with Gasteiger partial charge in [0.2, 0.25) is 0 Å². The number of hydrogen-bond acceptors (Lipinski definition) is 3. The van der Waals surface area contributed by atoms with Crippen molar-refractivity contribution in [2.75, 3.05) is 12.9 Å². The molecule has 0 N–H and O–H groups in total. The number of carbonyl (C=O) groups excluding carboxylic acids is 1. The zero-order valence-corrected chi connectivity index (χ0v) is 11.1. The Balaban J connectivity index is 2.77. The van der Waals surface area contributed by atoms with E-state index in [4.69, 9.17) is 4.74 Å². The number of methoxy groups -OCH3 is 1. The van der Waals surface area contributed by atoms with Gasteiger partial charge in [0.25, 0.3) is 0 Å². The highest BCUT2D eigenvalue weighted by atomic mass is 32.2. The monoisotopic (exact) mass is 256 g/mol. The number of halogens is 1. The van der Waals surface area contributed by atoms with Gasteiger partial charge in [-0.3, -0.25) is 4.79 Å². The van der Waals surface area contributed by atoms with Crippen molar-refractivity contribution in [3.05, 3.63) is 29.6 Å². The highest BCUT2D eigenvalue weighted by Crippen LogP contribution is 2.23. The lowest BCUT2D eigenvalue weighted by Crippen LogP contribution is -2.08. The number of ketones is 1. The molecule has 0 saturated carbocycles. The molecule has 0 heterocycles. The predicted molar refractivity (Wildman–Crippen MR) is 69.5 cm³/mol. The van der Waals surface area contributed by atoms with Gasteiger partial charge in [-0.25, -0.2) is 4.39 Å². The predicted octanol–water partition coefficient (Wildman–Crippen LogP) is 3.55. The summed E-state index contributed by atoms with van der Waals surface area (Å²) in [6.07, 6.45) is 1.01. The van der Waals surface area contributed by atoms with E-state index < -0.39 is 5.82 Å². The van der Waals surface area contributed by atoms with Gasteiger partial charge in [-0.15, -0.1) is 0 Å². The number of ether oxygens (including phenoxy) is 1. The van der Waals surface area contributed by atoms with Crippen molar-refractivity contribution in [2.24, 2.45) is 0 Å². The summed E-state index contributed by atoms with van der Waals surface area (Å²) in [5, 5.41) is 0.429. The van der Waals surface area contributed by atoms with Gasteiger partial charge in [0.1, 0.15) is 11.6 Å². The molecule has 17 heavy (non-hydrogen) atoms. The highest BCUT2D eigenvalue weighted by molar-refractivity contribution is 8.00. The number of rotatable bonds is 6. The lowest BCUT2D eigenvalue weighted by Gasteiger charge is -2.10. The largest absolute Gasteiger partial charge is 0.496 e. The molecular weight excluding hydrogens is 239 g/mol. The fourth-order valence-corrected chi connectivity index (χ4v) is 2.14. The molecule has 1 aromatic carbocycles. The minimum Gasteiger partial charge on any atom is -0.496 e. The third-order valence-corrected chi connectivity index (χ3v) is 3.87. The quantitative estimate of drug-likeness (QED) is 0.728. The Hall–Kier alpha value is -1.03. The number of hydrogen-bond donors (Lipinski definition) is 0. The second kappa shape index (κ2) is 6.64. The Morgan fingerprint density at radius 3 is 2.82 bits per heavy atom. The van der Waals surface area contributed by atoms with E-state index in [1.807, 2.05) is 0 Å². The van der Waals surface area contributed by atoms with Crippen LogP contribution in [0.3, 0.4) is 0 Å².